The highest BCUT2D eigenvalue weighted by atomic mass is 35.5. The minimum absolute atomic E-state index is 0.0995. The third kappa shape index (κ3) is 5.54. The van der Waals surface area contributed by atoms with Crippen molar-refractivity contribution in [3.63, 3.8) is 0 Å². The van der Waals surface area contributed by atoms with Crippen LogP contribution in [0, 0.1) is 11.6 Å². The van der Waals surface area contributed by atoms with Crippen LogP contribution in [0.15, 0.2) is 36.5 Å². The van der Waals surface area contributed by atoms with Crippen LogP contribution in [0.2, 0.25) is 5.02 Å². The molecule has 0 saturated carbocycles. The Kier molecular flexibility index (Phi) is 8.17. The average Bonchev–Trinajstić information content (AvgIpc) is 3.36. The van der Waals surface area contributed by atoms with Crippen LogP contribution < -0.4 is 10.6 Å². The highest BCUT2D eigenvalue weighted by Crippen LogP contribution is 2.30. The Labute approximate surface area is 244 Å². The van der Waals surface area contributed by atoms with E-state index in [0.29, 0.717) is 39.0 Å². The van der Waals surface area contributed by atoms with Gasteiger partial charge in [0, 0.05) is 44.5 Å². The van der Waals surface area contributed by atoms with Crippen molar-refractivity contribution in [3.8, 4) is 17.0 Å². The lowest BCUT2D eigenvalue weighted by Crippen LogP contribution is -2.59. The second-order valence-corrected chi connectivity index (χ2v) is 10.7. The molecule has 11 nitrogen and oxygen atoms in total. The summed E-state index contributed by atoms with van der Waals surface area (Å²) in [6, 6.07) is 6.58. The van der Waals surface area contributed by atoms with E-state index in [1.807, 2.05) is 0 Å². The van der Waals surface area contributed by atoms with Gasteiger partial charge in [0.05, 0.1) is 22.5 Å². The highest BCUT2D eigenvalue weighted by Gasteiger charge is 2.41. The number of anilines is 1. The van der Waals surface area contributed by atoms with Gasteiger partial charge in [0.25, 0.3) is 17.7 Å². The minimum atomic E-state index is -1.41. The van der Waals surface area contributed by atoms with Crippen LogP contribution in [0.3, 0.4) is 0 Å². The van der Waals surface area contributed by atoms with Crippen LogP contribution in [0.25, 0.3) is 11.3 Å². The van der Waals surface area contributed by atoms with E-state index < -0.39 is 28.9 Å². The van der Waals surface area contributed by atoms with Crippen LogP contribution in [-0.2, 0) is 11.8 Å². The number of phenolic OH excluding ortho intramolecular Hbond substituents is 1. The topological polar surface area (TPSA) is 140 Å². The number of nitrogens with one attached hydrogen (secondary N) is 2. The van der Waals surface area contributed by atoms with E-state index in [0.717, 1.165) is 6.07 Å². The number of aliphatic hydroxyl groups is 1. The number of hydrogen-bond donors (Lipinski definition) is 4. The summed E-state index contributed by atoms with van der Waals surface area (Å²) in [6.07, 6.45) is 1.90. The molecule has 222 valence electrons. The fourth-order valence-corrected chi connectivity index (χ4v) is 5.45. The Morgan fingerprint density at radius 2 is 1.69 bits per heavy atom. The van der Waals surface area contributed by atoms with Gasteiger partial charge in [0.1, 0.15) is 5.60 Å². The summed E-state index contributed by atoms with van der Waals surface area (Å²) in [5.74, 6) is -4.92. The van der Waals surface area contributed by atoms with Crippen molar-refractivity contribution in [2.45, 2.75) is 18.4 Å². The molecule has 0 spiro atoms. The zero-order valence-corrected chi connectivity index (χ0v) is 23.4. The van der Waals surface area contributed by atoms with Gasteiger partial charge >= 0.3 is 0 Å². The first-order valence-corrected chi connectivity index (χ1v) is 13.7. The number of piperidine rings is 1. The van der Waals surface area contributed by atoms with Crippen molar-refractivity contribution < 1.29 is 33.4 Å². The maximum Gasteiger partial charge on any atom is 0.291 e. The van der Waals surface area contributed by atoms with Crippen LogP contribution >= 0.6 is 11.6 Å². The number of aromatic nitrogens is 2. The maximum atomic E-state index is 14.4. The summed E-state index contributed by atoms with van der Waals surface area (Å²) in [6.45, 7) is 2.27. The van der Waals surface area contributed by atoms with Crippen LogP contribution in [0.5, 0.6) is 5.75 Å². The van der Waals surface area contributed by atoms with Gasteiger partial charge in [-0.05, 0) is 56.3 Å². The maximum absolute atomic E-state index is 14.4. The molecule has 0 atom stereocenters. The molecule has 0 unspecified atom stereocenters. The second-order valence-electron chi connectivity index (χ2n) is 10.3. The molecule has 0 radical (unpaired) electrons. The van der Waals surface area contributed by atoms with Crippen LogP contribution in [0.1, 0.15) is 33.8 Å². The van der Waals surface area contributed by atoms with E-state index in [2.05, 4.69) is 15.6 Å². The van der Waals surface area contributed by atoms with E-state index in [9.17, 15) is 33.4 Å². The molecular formula is C28H29ClF2N6O5. The molecule has 2 aliphatic heterocycles. The first-order valence-electron chi connectivity index (χ1n) is 13.3. The molecule has 2 fully saturated rings. The molecule has 0 aliphatic carbocycles. The Hall–Kier alpha value is -4.07. The number of phenols is 1. The summed E-state index contributed by atoms with van der Waals surface area (Å²) in [5.41, 5.74) is -0.953. The normalized spacial score (nSPS) is 16.8. The molecule has 4 N–H and O–H groups in total. The molecule has 0 bridgehead atoms. The van der Waals surface area contributed by atoms with Gasteiger partial charge in [-0.3, -0.25) is 14.4 Å². The van der Waals surface area contributed by atoms with Crippen LogP contribution in [-0.4, -0.2) is 92.2 Å². The number of rotatable bonds is 5. The SMILES string of the molecule is Cn1c(-c2ccc(O)c(F)c2F)cnc1C(=O)Nc1ccc(C(=O)N2CCN(C(=O)C3(O)CCNCC3)CC2)c(Cl)c1. The molecular weight excluding hydrogens is 574 g/mol. The highest BCUT2D eigenvalue weighted by molar-refractivity contribution is 6.34. The summed E-state index contributed by atoms with van der Waals surface area (Å²) < 4.78 is 29.5. The zero-order chi connectivity index (χ0) is 30.2. The fraction of sp³-hybridized carbons (Fsp3) is 0.357. The largest absolute Gasteiger partial charge is 0.505 e. The van der Waals surface area contributed by atoms with E-state index in [4.69, 9.17) is 11.6 Å². The lowest BCUT2D eigenvalue weighted by Gasteiger charge is -2.40. The lowest BCUT2D eigenvalue weighted by molar-refractivity contribution is -0.155. The summed E-state index contributed by atoms with van der Waals surface area (Å²) in [4.78, 5) is 46.2. The van der Waals surface area contributed by atoms with Gasteiger partial charge in [0.2, 0.25) is 5.82 Å². The van der Waals surface area contributed by atoms with E-state index in [1.54, 1.807) is 9.80 Å². The molecule has 2 saturated heterocycles. The first-order chi connectivity index (χ1) is 20.0. The van der Waals surface area contributed by atoms with Gasteiger partial charge in [-0.25, -0.2) is 9.37 Å². The van der Waals surface area contributed by atoms with Gasteiger partial charge in [-0.1, -0.05) is 11.6 Å². The Morgan fingerprint density at radius 3 is 2.36 bits per heavy atom. The van der Waals surface area contributed by atoms with Crippen molar-refractivity contribution in [1.82, 2.24) is 24.7 Å². The predicted molar refractivity (Wildman–Crippen MR) is 149 cm³/mol. The summed E-state index contributed by atoms with van der Waals surface area (Å²) >= 11 is 6.41. The zero-order valence-electron chi connectivity index (χ0n) is 22.7. The Bertz CT molecular complexity index is 1550. The van der Waals surface area contributed by atoms with Crippen molar-refractivity contribution in [3.05, 3.63) is 64.6 Å². The summed E-state index contributed by atoms with van der Waals surface area (Å²) in [7, 11) is 1.45. The number of benzene rings is 2. The minimum Gasteiger partial charge on any atom is -0.505 e. The number of carbonyl (C=O) groups is 3. The monoisotopic (exact) mass is 602 g/mol. The smallest absolute Gasteiger partial charge is 0.291 e. The number of hydrogen-bond acceptors (Lipinski definition) is 7. The van der Waals surface area contributed by atoms with Crippen molar-refractivity contribution >= 4 is 35.0 Å². The molecule has 3 heterocycles. The third-order valence-corrected chi connectivity index (χ3v) is 7.98. The number of imidazole rings is 1. The van der Waals surface area contributed by atoms with Gasteiger partial charge in [-0.15, -0.1) is 0 Å². The third-order valence-electron chi connectivity index (χ3n) is 7.67. The van der Waals surface area contributed by atoms with Gasteiger partial charge < -0.3 is 35.2 Å². The first kappa shape index (κ1) is 29.4. The van der Waals surface area contributed by atoms with Gasteiger partial charge in [0.15, 0.2) is 17.4 Å². The number of amides is 3. The number of aromatic hydroxyl groups is 1. The van der Waals surface area contributed by atoms with Crippen molar-refractivity contribution in [1.29, 1.82) is 0 Å². The molecule has 2 aliphatic rings. The molecule has 2 aromatic carbocycles. The Balaban J connectivity index is 1.22. The molecule has 3 aromatic rings. The van der Waals surface area contributed by atoms with E-state index in [-0.39, 0.29) is 58.3 Å². The Morgan fingerprint density at radius 1 is 1.02 bits per heavy atom. The lowest BCUT2D eigenvalue weighted by atomic mass is 9.90. The predicted octanol–water partition coefficient (Wildman–Crippen LogP) is 2.38. The molecule has 5 rings (SSSR count). The standard InChI is InChI=1S/C28H29ClF2N6O5/c1-35-20(18-4-5-21(38)23(31)22(18)30)15-33-24(35)25(39)34-16-2-3-17(19(29)14-16)26(40)36-10-12-37(13-11-36)27(41)28(42)6-8-32-9-7-28/h2-5,14-15,32,38,42H,6-13H2,1H3,(H,34,39). The molecule has 3 amide bonds. The van der Waals surface area contributed by atoms with Gasteiger partial charge in [-0.2, -0.15) is 4.39 Å². The number of carbonyl (C=O) groups excluding carboxylic acids is 3. The van der Waals surface area contributed by atoms with E-state index >= 15 is 0 Å². The van der Waals surface area contributed by atoms with E-state index in [1.165, 1.54) is 42.1 Å². The second kappa shape index (κ2) is 11.7. The number of halogens is 3. The fourth-order valence-electron chi connectivity index (χ4n) is 5.19. The quantitative estimate of drug-likeness (QED) is 0.352. The number of nitrogens with zero attached hydrogens (tertiary/aromatic N) is 4. The molecule has 1 aromatic heterocycles. The summed E-state index contributed by atoms with van der Waals surface area (Å²) in [5, 5.41) is 26.0. The molecule has 14 heteroatoms. The number of piperazine rings is 1. The van der Waals surface area contributed by atoms with Crippen molar-refractivity contribution in [2.24, 2.45) is 7.05 Å². The molecule has 42 heavy (non-hydrogen) atoms. The van der Waals surface area contributed by atoms with Crippen molar-refractivity contribution in [2.75, 3.05) is 44.6 Å². The van der Waals surface area contributed by atoms with Crippen LogP contribution in [0.4, 0.5) is 14.5 Å². The average molecular weight is 603 g/mol.